The highest BCUT2D eigenvalue weighted by Crippen LogP contribution is 2.68. The maximum Gasteiger partial charge on any atom is 0.305 e. The smallest absolute Gasteiger partial charge is 0.305 e. The van der Waals surface area contributed by atoms with E-state index in [0.29, 0.717) is 55.2 Å². The Balaban J connectivity index is 1.54. The summed E-state index contributed by atoms with van der Waals surface area (Å²) in [6, 6.07) is 0. The van der Waals surface area contributed by atoms with Gasteiger partial charge in [0, 0.05) is 19.4 Å². The molecule has 5 heteroatoms. The molecule has 0 aliphatic heterocycles. The third-order valence-electron chi connectivity index (χ3n) is 11.0. The molecule has 0 aromatic heterocycles. The summed E-state index contributed by atoms with van der Waals surface area (Å²) in [6.07, 6.45) is 11.5. The monoisotopic (exact) mass is 488 g/mol. The van der Waals surface area contributed by atoms with E-state index < -0.39 is 0 Å². The highest BCUT2D eigenvalue weighted by molar-refractivity contribution is 5.99. The fourth-order valence-corrected chi connectivity index (χ4v) is 9.25. The van der Waals surface area contributed by atoms with Crippen molar-refractivity contribution in [3.05, 3.63) is 11.6 Å². The highest BCUT2D eigenvalue weighted by Gasteiger charge is 2.64. The summed E-state index contributed by atoms with van der Waals surface area (Å²) in [6.45, 7) is 12.0. The molecule has 4 saturated carbocycles. The van der Waals surface area contributed by atoms with Gasteiger partial charge in [0.25, 0.3) is 0 Å². The molecule has 0 spiro atoms. The number of esters is 1. The zero-order chi connectivity index (χ0) is 25.4. The molecule has 4 aliphatic carbocycles. The van der Waals surface area contributed by atoms with Gasteiger partial charge in [-0.25, -0.2) is 0 Å². The first-order valence-corrected chi connectivity index (χ1v) is 14.2. The van der Waals surface area contributed by atoms with Gasteiger partial charge < -0.3 is 14.2 Å². The standard InChI is InChI=1S/C30H48O5/c1-7-21-25-17-20(35-18-33-6)13-15-30(25,5)24-14-16-29(4)22(10-11-23(29)27(24)28(21)32)19(3)9-12-26(31)34-8-2/h7,19-20,22-25,27H,8-18H2,1-6H3/t19-,20-,22-,23+,24+,25+,27+,29-,30-/m1/s1. The van der Waals surface area contributed by atoms with E-state index in [0.717, 1.165) is 44.1 Å². The van der Waals surface area contributed by atoms with Crippen LogP contribution in [0.4, 0.5) is 0 Å². The van der Waals surface area contributed by atoms with Crippen molar-refractivity contribution >= 4 is 11.8 Å². The molecule has 0 bridgehead atoms. The molecule has 0 heterocycles. The number of rotatable bonds is 8. The summed E-state index contributed by atoms with van der Waals surface area (Å²) in [5.74, 6) is 2.78. The van der Waals surface area contributed by atoms with Gasteiger partial charge in [-0.15, -0.1) is 0 Å². The van der Waals surface area contributed by atoms with Crippen molar-refractivity contribution < 1.29 is 23.8 Å². The van der Waals surface area contributed by atoms with Crippen LogP contribution in [0.25, 0.3) is 0 Å². The molecule has 4 rings (SSSR count). The van der Waals surface area contributed by atoms with Gasteiger partial charge in [-0.2, -0.15) is 0 Å². The lowest BCUT2D eigenvalue weighted by atomic mass is 9.43. The van der Waals surface area contributed by atoms with Crippen LogP contribution in [0.3, 0.4) is 0 Å². The SMILES string of the molecule is CC=C1C(=O)[C@@H]2[C@H](CC[C@]3(C)[C@@H]([C@H](C)CCC(=O)OCC)CC[C@@H]23)[C@@]2(C)CC[C@@H](OCOC)C[C@@H]12. The van der Waals surface area contributed by atoms with Gasteiger partial charge in [-0.05, 0) is 111 Å². The van der Waals surface area contributed by atoms with Crippen molar-refractivity contribution in [3.8, 4) is 0 Å². The van der Waals surface area contributed by atoms with Crippen molar-refractivity contribution in [3.63, 3.8) is 0 Å². The van der Waals surface area contributed by atoms with Crippen molar-refractivity contribution in [1.29, 1.82) is 0 Å². The molecule has 0 unspecified atom stereocenters. The van der Waals surface area contributed by atoms with Crippen LogP contribution in [0.2, 0.25) is 0 Å². The minimum absolute atomic E-state index is 0.0769. The molecule has 0 amide bonds. The second-order valence-corrected chi connectivity index (χ2v) is 12.4. The molecule has 4 fully saturated rings. The Morgan fingerprint density at radius 2 is 1.83 bits per heavy atom. The van der Waals surface area contributed by atoms with E-state index in [1.165, 1.54) is 12.8 Å². The van der Waals surface area contributed by atoms with Gasteiger partial charge in [-0.1, -0.05) is 26.8 Å². The molecule has 5 nitrogen and oxygen atoms in total. The van der Waals surface area contributed by atoms with Crippen LogP contribution < -0.4 is 0 Å². The maximum absolute atomic E-state index is 14.2. The summed E-state index contributed by atoms with van der Waals surface area (Å²) >= 11 is 0. The Kier molecular flexibility index (Phi) is 8.17. The number of allylic oxidation sites excluding steroid dienone is 2. The lowest BCUT2D eigenvalue weighted by molar-refractivity contribution is -0.157. The topological polar surface area (TPSA) is 61.8 Å². The number of ether oxygens (including phenoxy) is 3. The fourth-order valence-electron chi connectivity index (χ4n) is 9.25. The Morgan fingerprint density at radius 3 is 2.51 bits per heavy atom. The van der Waals surface area contributed by atoms with E-state index in [1.807, 2.05) is 6.92 Å². The van der Waals surface area contributed by atoms with Crippen LogP contribution in [0, 0.1) is 46.3 Å². The number of fused-ring (bicyclic) bond motifs is 5. The predicted molar refractivity (Wildman–Crippen MR) is 137 cm³/mol. The van der Waals surface area contributed by atoms with Crippen molar-refractivity contribution in [2.24, 2.45) is 46.3 Å². The minimum Gasteiger partial charge on any atom is -0.466 e. The Hall–Kier alpha value is -1.20. The van der Waals surface area contributed by atoms with Crippen molar-refractivity contribution in [2.45, 2.75) is 98.5 Å². The van der Waals surface area contributed by atoms with E-state index >= 15 is 0 Å². The Morgan fingerprint density at radius 1 is 1.11 bits per heavy atom. The Bertz CT molecular complexity index is 820. The van der Waals surface area contributed by atoms with Gasteiger partial charge in [-0.3, -0.25) is 9.59 Å². The van der Waals surface area contributed by atoms with E-state index in [9.17, 15) is 9.59 Å². The molecule has 0 aromatic carbocycles. The van der Waals surface area contributed by atoms with Crippen LogP contribution >= 0.6 is 0 Å². The number of methoxy groups -OCH3 is 1. The van der Waals surface area contributed by atoms with Gasteiger partial charge >= 0.3 is 5.97 Å². The highest BCUT2D eigenvalue weighted by atomic mass is 16.7. The van der Waals surface area contributed by atoms with Crippen LogP contribution in [-0.4, -0.2) is 38.4 Å². The summed E-state index contributed by atoms with van der Waals surface area (Å²) in [5.41, 5.74) is 1.43. The van der Waals surface area contributed by atoms with Crippen LogP contribution in [0.1, 0.15) is 92.4 Å². The molecule has 0 N–H and O–H groups in total. The lowest BCUT2D eigenvalue weighted by Crippen LogP contribution is -2.58. The van der Waals surface area contributed by atoms with Crippen molar-refractivity contribution in [1.82, 2.24) is 0 Å². The Labute approximate surface area is 212 Å². The molecule has 0 aromatic rings. The molecule has 4 aliphatic rings. The zero-order valence-corrected chi connectivity index (χ0v) is 22.9. The number of carbonyl (C=O) groups is 2. The number of hydrogen-bond acceptors (Lipinski definition) is 5. The number of ketones is 1. The number of hydrogen-bond donors (Lipinski definition) is 0. The molecule has 35 heavy (non-hydrogen) atoms. The molecule has 198 valence electrons. The minimum atomic E-state index is -0.0769. The first-order chi connectivity index (χ1) is 16.7. The quantitative estimate of drug-likeness (QED) is 0.226. The molecular formula is C30H48O5. The largest absolute Gasteiger partial charge is 0.466 e. The average molecular weight is 489 g/mol. The first kappa shape index (κ1) is 26.9. The summed E-state index contributed by atoms with van der Waals surface area (Å²) < 4.78 is 16.3. The molecule has 0 radical (unpaired) electrons. The van der Waals surface area contributed by atoms with Gasteiger partial charge in [0.05, 0.1) is 12.7 Å². The van der Waals surface area contributed by atoms with Gasteiger partial charge in [0.2, 0.25) is 0 Å². The molecule has 9 atom stereocenters. The molecular weight excluding hydrogens is 440 g/mol. The third kappa shape index (κ3) is 4.65. The zero-order valence-electron chi connectivity index (χ0n) is 22.9. The maximum atomic E-state index is 14.2. The second kappa shape index (κ2) is 10.7. The number of carbonyl (C=O) groups excluding carboxylic acids is 2. The number of Topliss-reactive ketones (excluding diaryl/α,β-unsaturated/α-hetero) is 1. The fraction of sp³-hybridized carbons (Fsp3) is 0.867. The first-order valence-electron chi connectivity index (χ1n) is 14.2. The third-order valence-corrected chi connectivity index (χ3v) is 11.0. The van der Waals surface area contributed by atoms with E-state index in [-0.39, 0.29) is 28.8 Å². The summed E-state index contributed by atoms with van der Waals surface area (Å²) in [5, 5.41) is 0. The van der Waals surface area contributed by atoms with Crippen molar-refractivity contribution in [2.75, 3.05) is 20.5 Å². The van der Waals surface area contributed by atoms with Crippen LogP contribution in [-0.2, 0) is 23.8 Å². The van der Waals surface area contributed by atoms with Crippen LogP contribution in [0.15, 0.2) is 11.6 Å². The normalized spacial score (nSPS) is 42.8. The predicted octanol–water partition coefficient (Wildman–Crippen LogP) is 6.35. The van der Waals surface area contributed by atoms with E-state index in [4.69, 9.17) is 14.2 Å². The van der Waals surface area contributed by atoms with E-state index in [2.05, 4.69) is 33.8 Å². The van der Waals surface area contributed by atoms with Gasteiger partial charge in [0.15, 0.2) is 5.78 Å². The van der Waals surface area contributed by atoms with E-state index in [1.54, 1.807) is 7.11 Å². The summed E-state index contributed by atoms with van der Waals surface area (Å²) in [7, 11) is 1.67. The second-order valence-electron chi connectivity index (χ2n) is 12.4. The molecule has 0 saturated heterocycles. The van der Waals surface area contributed by atoms with Crippen LogP contribution in [0.5, 0.6) is 0 Å². The van der Waals surface area contributed by atoms with Gasteiger partial charge in [0.1, 0.15) is 6.79 Å². The average Bonchev–Trinajstić information content (AvgIpc) is 3.19. The summed E-state index contributed by atoms with van der Waals surface area (Å²) in [4.78, 5) is 26.1. The lowest BCUT2D eigenvalue weighted by Gasteiger charge is -2.61.